The first-order chi connectivity index (χ1) is 6.24. The molecule has 2 nitrogen and oxygen atoms in total. The van der Waals surface area contributed by atoms with Crippen LogP contribution >= 0.6 is 11.3 Å². The predicted octanol–water partition coefficient (Wildman–Crippen LogP) is 2.66. The molecule has 3 heteroatoms. The Morgan fingerprint density at radius 3 is 2.92 bits per heavy atom. The lowest BCUT2D eigenvalue weighted by Crippen LogP contribution is -1.83. The molecule has 0 aliphatic rings. The largest absolute Gasteiger partial charge is 0.397 e. The Morgan fingerprint density at radius 1 is 1.46 bits per heavy atom. The fourth-order valence-corrected chi connectivity index (χ4v) is 2.38. The van der Waals surface area contributed by atoms with Crippen LogP contribution in [0.15, 0.2) is 18.2 Å². The van der Waals surface area contributed by atoms with Gasteiger partial charge in [-0.15, -0.1) is 11.3 Å². The molecule has 0 saturated heterocycles. The van der Waals surface area contributed by atoms with Crippen molar-refractivity contribution in [2.75, 3.05) is 5.73 Å². The van der Waals surface area contributed by atoms with Crippen LogP contribution in [0.4, 0.5) is 5.69 Å². The molecule has 1 aromatic heterocycles. The maximum Gasteiger partial charge on any atom is 0.101 e. The van der Waals surface area contributed by atoms with Crippen LogP contribution < -0.4 is 5.73 Å². The molecule has 0 aliphatic heterocycles. The Kier molecular flexibility index (Phi) is 1.71. The average molecular weight is 188 g/mol. The molecule has 0 saturated carbocycles. The van der Waals surface area contributed by atoms with Crippen LogP contribution in [-0.2, 0) is 0 Å². The van der Waals surface area contributed by atoms with Crippen LogP contribution in [0.3, 0.4) is 0 Å². The van der Waals surface area contributed by atoms with E-state index in [2.05, 4.69) is 6.07 Å². The standard InChI is InChI=1S/C10H8N2S/c1-6-9(12)8-4-2-3-7(5-11)10(8)13-6/h2-4H,12H2,1H3. The molecule has 0 fully saturated rings. The van der Waals surface area contributed by atoms with E-state index in [1.54, 1.807) is 11.3 Å². The Bertz CT molecular complexity index is 505. The summed E-state index contributed by atoms with van der Waals surface area (Å²) >= 11 is 1.58. The normalized spacial score (nSPS) is 10.2. The number of nitriles is 1. The summed E-state index contributed by atoms with van der Waals surface area (Å²) in [6.45, 7) is 1.97. The quantitative estimate of drug-likeness (QED) is 0.691. The molecule has 2 aromatic rings. The lowest BCUT2D eigenvalue weighted by atomic mass is 10.1. The summed E-state index contributed by atoms with van der Waals surface area (Å²) in [6, 6.07) is 7.80. The first-order valence-electron chi connectivity index (χ1n) is 3.91. The highest BCUT2D eigenvalue weighted by atomic mass is 32.1. The Labute approximate surface area is 80.2 Å². The monoisotopic (exact) mass is 188 g/mol. The third-order valence-corrected chi connectivity index (χ3v) is 3.23. The fraction of sp³-hybridized carbons (Fsp3) is 0.100. The Morgan fingerprint density at radius 2 is 2.23 bits per heavy atom. The highest BCUT2D eigenvalue weighted by Gasteiger charge is 2.08. The van der Waals surface area contributed by atoms with E-state index in [1.807, 2.05) is 25.1 Å². The lowest BCUT2D eigenvalue weighted by molar-refractivity contribution is 1.51. The molecular formula is C10H8N2S. The van der Waals surface area contributed by atoms with E-state index >= 15 is 0 Å². The number of hydrogen-bond acceptors (Lipinski definition) is 3. The number of nitrogens with zero attached hydrogens (tertiary/aromatic N) is 1. The maximum absolute atomic E-state index is 8.85. The topological polar surface area (TPSA) is 49.8 Å². The molecular weight excluding hydrogens is 180 g/mol. The van der Waals surface area contributed by atoms with E-state index in [4.69, 9.17) is 11.0 Å². The summed E-state index contributed by atoms with van der Waals surface area (Å²) in [5, 5.41) is 9.85. The summed E-state index contributed by atoms with van der Waals surface area (Å²) < 4.78 is 1.00. The van der Waals surface area contributed by atoms with Gasteiger partial charge in [-0.2, -0.15) is 5.26 Å². The van der Waals surface area contributed by atoms with E-state index in [0.717, 1.165) is 20.7 Å². The number of thiophene rings is 1. The number of nitrogen functional groups attached to an aromatic ring is 1. The molecule has 13 heavy (non-hydrogen) atoms. The van der Waals surface area contributed by atoms with Crippen LogP contribution in [0.5, 0.6) is 0 Å². The van der Waals surface area contributed by atoms with Crippen LogP contribution in [0.1, 0.15) is 10.4 Å². The average Bonchev–Trinajstić information content (AvgIpc) is 2.43. The first kappa shape index (κ1) is 8.09. The van der Waals surface area contributed by atoms with E-state index in [0.29, 0.717) is 5.56 Å². The van der Waals surface area contributed by atoms with Gasteiger partial charge in [0.05, 0.1) is 16.0 Å². The van der Waals surface area contributed by atoms with Crippen molar-refractivity contribution < 1.29 is 0 Å². The molecule has 0 atom stereocenters. The molecule has 2 N–H and O–H groups in total. The molecule has 1 heterocycles. The molecule has 64 valence electrons. The zero-order valence-electron chi connectivity index (χ0n) is 7.16. The molecule has 0 aliphatic carbocycles. The van der Waals surface area contributed by atoms with Crippen molar-refractivity contribution in [2.24, 2.45) is 0 Å². The number of anilines is 1. The molecule has 0 spiro atoms. The summed E-state index contributed by atoms with van der Waals surface area (Å²) in [6.07, 6.45) is 0. The van der Waals surface area contributed by atoms with Crippen LogP contribution in [0, 0.1) is 18.3 Å². The van der Waals surface area contributed by atoms with E-state index in [9.17, 15) is 0 Å². The van der Waals surface area contributed by atoms with E-state index < -0.39 is 0 Å². The van der Waals surface area contributed by atoms with Crippen LogP contribution in [0.25, 0.3) is 10.1 Å². The second-order valence-electron chi connectivity index (χ2n) is 2.87. The van der Waals surface area contributed by atoms with Crippen molar-refractivity contribution in [3.63, 3.8) is 0 Å². The van der Waals surface area contributed by atoms with Crippen LogP contribution in [-0.4, -0.2) is 0 Å². The molecule has 0 radical (unpaired) electrons. The molecule has 0 bridgehead atoms. The summed E-state index contributed by atoms with van der Waals surface area (Å²) in [5.74, 6) is 0. The predicted molar refractivity (Wildman–Crippen MR) is 55.7 cm³/mol. The maximum atomic E-state index is 8.85. The zero-order valence-corrected chi connectivity index (χ0v) is 7.98. The summed E-state index contributed by atoms with van der Waals surface area (Å²) in [4.78, 5) is 1.08. The van der Waals surface area contributed by atoms with Crippen LogP contribution in [0.2, 0.25) is 0 Å². The fourth-order valence-electron chi connectivity index (χ4n) is 1.34. The number of rotatable bonds is 0. The van der Waals surface area contributed by atoms with Crippen molar-refractivity contribution in [2.45, 2.75) is 6.92 Å². The van der Waals surface area contributed by atoms with Gasteiger partial charge in [0.25, 0.3) is 0 Å². The molecule has 0 unspecified atom stereocenters. The third kappa shape index (κ3) is 1.07. The van der Waals surface area contributed by atoms with Gasteiger partial charge in [-0.05, 0) is 13.0 Å². The smallest absolute Gasteiger partial charge is 0.101 e. The second kappa shape index (κ2) is 2.75. The minimum Gasteiger partial charge on any atom is -0.397 e. The van der Waals surface area contributed by atoms with Gasteiger partial charge in [0, 0.05) is 10.3 Å². The van der Waals surface area contributed by atoms with Gasteiger partial charge in [-0.1, -0.05) is 12.1 Å². The van der Waals surface area contributed by atoms with Gasteiger partial charge < -0.3 is 5.73 Å². The van der Waals surface area contributed by atoms with Crippen molar-refractivity contribution in [3.05, 3.63) is 28.6 Å². The number of aryl methyl sites for hydroxylation is 1. The Balaban J connectivity index is 2.95. The van der Waals surface area contributed by atoms with Crippen molar-refractivity contribution >= 4 is 27.1 Å². The lowest BCUT2D eigenvalue weighted by Gasteiger charge is -1.92. The first-order valence-corrected chi connectivity index (χ1v) is 4.73. The number of fused-ring (bicyclic) bond motifs is 1. The SMILES string of the molecule is Cc1sc2c(C#N)cccc2c1N. The van der Waals surface area contributed by atoms with Gasteiger partial charge in [0.15, 0.2) is 0 Å². The van der Waals surface area contributed by atoms with Gasteiger partial charge >= 0.3 is 0 Å². The molecule has 1 aromatic carbocycles. The van der Waals surface area contributed by atoms with Crippen molar-refractivity contribution in [1.29, 1.82) is 5.26 Å². The number of nitrogens with two attached hydrogens (primary N) is 1. The summed E-state index contributed by atoms with van der Waals surface area (Å²) in [5.41, 5.74) is 7.38. The third-order valence-electron chi connectivity index (χ3n) is 2.06. The van der Waals surface area contributed by atoms with Gasteiger partial charge in [-0.3, -0.25) is 0 Å². The second-order valence-corrected chi connectivity index (χ2v) is 4.09. The van der Waals surface area contributed by atoms with Gasteiger partial charge in [-0.25, -0.2) is 0 Å². The zero-order chi connectivity index (χ0) is 9.42. The van der Waals surface area contributed by atoms with Gasteiger partial charge in [0.1, 0.15) is 6.07 Å². The van der Waals surface area contributed by atoms with Crippen molar-refractivity contribution in [3.8, 4) is 6.07 Å². The minimum absolute atomic E-state index is 0.710. The highest BCUT2D eigenvalue weighted by Crippen LogP contribution is 2.34. The van der Waals surface area contributed by atoms with E-state index in [-0.39, 0.29) is 0 Å². The number of hydrogen-bond donors (Lipinski definition) is 1. The molecule has 0 amide bonds. The van der Waals surface area contributed by atoms with Gasteiger partial charge in [0.2, 0.25) is 0 Å². The summed E-state index contributed by atoms with van der Waals surface area (Å²) in [7, 11) is 0. The Hall–Kier alpha value is -1.53. The molecule has 2 rings (SSSR count). The minimum atomic E-state index is 0.710. The van der Waals surface area contributed by atoms with E-state index in [1.165, 1.54) is 0 Å². The van der Waals surface area contributed by atoms with Crippen molar-refractivity contribution in [1.82, 2.24) is 0 Å². The number of benzene rings is 1. The highest BCUT2D eigenvalue weighted by molar-refractivity contribution is 7.20.